The number of carbonyl (C=O) groups is 1. The highest BCUT2D eigenvalue weighted by Gasteiger charge is 2.18. The van der Waals surface area contributed by atoms with Crippen molar-refractivity contribution in [2.45, 2.75) is 26.2 Å². The predicted octanol–water partition coefficient (Wildman–Crippen LogP) is 0.296. The maximum Gasteiger partial charge on any atom is 0.248 e. The van der Waals surface area contributed by atoms with E-state index in [1.807, 2.05) is 11.8 Å². The van der Waals surface area contributed by atoms with E-state index in [2.05, 4.69) is 4.90 Å². The van der Waals surface area contributed by atoms with Gasteiger partial charge in [-0.15, -0.1) is 0 Å². The molecule has 106 valence electrons. The van der Waals surface area contributed by atoms with Crippen molar-refractivity contribution in [3.05, 3.63) is 0 Å². The first kappa shape index (κ1) is 15.4. The first-order valence-electron chi connectivity index (χ1n) is 7.06. The number of rotatable bonds is 7. The van der Waals surface area contributed by atoms with Gasteiger partial charge in [-0.05, 0) is 45.8 Å². The maximum atomic E-state index is 11.8. The molecule has 0 aliphatic carbocycles. The molecule has 0 unspecified atom stereocenters. The zero-order valence-corrected chi connectivity index (χ0v) is 11.6. The van der Waals surface area contributed by atoms with Crippen LogP contribution in [0.5, 0.6) is 0 Å². The third-order valence-electron chi connectivity index (χ3n) is 3.30. The van der Waals surface area contributed by atoms with Gasteiger partial charge in [-0.2, -0.15) is 0 Å². The molecule has 1 heterocycles. The van der Waals surface area contributed by atoms with Gasteiger partial charge in [0.05, 0.1) is 0 Å². The first-order valence-corrected chi connectivity index (χ1v) is 7.06. The molecule has 0 radical (unpaired) electrons. The minimum atomic E-state index is 0.126. The summed E-state index contributed by atoms with van der Waals surface area (Å²) in [4.78, 5) is 16.2. The highest BCUT2D eigenvalue weighted by Crippen LogP contribution is 2.05. The Labute approximate surface area is 110 Å². The monoisotopic (exact) mass is 257 g/mol. The predicted molar refractivity (Wildman–Crippen MR) is 72.4 cm³/mol. The van der Waals surface area contributed by atoms with Crippen molar-refractivity contribution in [2.75, 3.05) is 52.5 Å². The summed E-state index contributed by atoms with van der Waals surface area (Å²) in [6.07, 6.45) is 3.30. The molecule has 0 aromatic carbocycles. The van der Waals surface area contributed by atoms with Gasteiger partial charge in [0.25, 0.3) is 0 Å². The van der Waals surface area contributed by atoms with Crippen LogP contribution in [0.2, 0.25) is 0 Å². The summed E-state index contributed by atoms with van der Waals surface area (Å²) < 4.78 is 5.18. The molecular formula is C13H27N3O2. The molecule has 5 nitrogen and oxygen atoms in total. The lowest BCUT2D eigenvalue weighted by Crippen LogP contribution is -2.37. The molecule has 2 N–H and O–H groups in total. The van der Waals surface area contributed by atoms with Crippen molar-refractivity contribution in [1.29, 1.82) is 0 Å². The van der Waals surface area contributed by atoms with E-state index >= 15 is 0 Å². The van der Waals surface area contributed by atoms with Crippen LogP contribution < -0.4 is 5.73 Å². The van der Waals surface area contributed by atoms with Crippen LogP contribution in [0.15, 0.2) is 0 Å². The van der Waals surface area contributed by atoms with Gasteiger partial charge in [0.2, 0.25) is 5.91 Å². The molecule has 0 saturated carbocycles. The largest absolute Gasteiger partial charge is 0.372 e. The van der Waals surface area contributed by atoms with E-state index in [4.69, 9.17) is 10.5 Å². The Morgan fingerprint density at radius 2 is 2.06 bits per heavy atom. The third kappa shape index (κ3) is 5.80. The van der Waals surface area contributed by atoms with Crippen molar-refractivity contribution < 1.29 is 9.53 Å². The molecule has 0 bridgehead atoms. The number of unbranched alkanes of at least 4 members (excludes halogenated alkanes) is 1. The van der Waals surface area contributed by atoms with Gasteiger partial charge in [-0.1, -0.05) is 0 Å². The molecule has 18 heavy (non-hydrogen) atoms. The zero-order valence-electron chi connectivity index (χ0n) is 11.6. The van der Waals surface area contributed by atoms with Gasteiger partial charge in [-0.3, -0.25) is 4.79 Å². The van der Waals surface area contributed by atoms with Gasteiger partial charge >= 0.3 is 0 Å². The Hall–Kier alpha value is -0.650. The SMILES string of the molecule is CCOCC(=O)N1CCCN(CCCCN)CC1. The summed E-state index contributed by atoms with van der Waals surface area (Å²) >= 11 is 0. The number of nitrogens with zero attached hydrogens (tertiary/aromatic N) is 2. The second-order valence-electron chi connectivity index (χ2n) is 4.71. The molecule has 0 atom stereocenters. The average Bonchev–Trinajstić information content (AvgIpc) is 2.62. The Morgan fingerprint density at radius 1 is 1.22 bits per heavy atom. The second kappa shape index (κ2) is 9.30. The Balaban J connectivity index is 2.25. The lowest BCUT2D eigenvalue weighted by atomic mass is 10.3. The molecule has 0 aromatic rings. The van der Waals surface area contributed by atoms with Crippen LogP contribution in [0.25, 0.3) is 0 Å². The van der Waals surface area contributed by atoms with E-state index in [9.17, 15) is 4.79 Å². The zero-order chi connectivity index (χ0) is 13.2. The quantitative estimate of drug-likeness (QED) is 0.666. The van der Waals surface area contributed by atoms with Crippen LogP contribution in [0.4, 0.5) is 0 Å². The molecule has 1 amide bonds. The molecule has 1 rings (SSSR count). The van der Waals surface area contributed by atoms with E-state index < -0.39 is 0 Å². The van der Waals surface area contributed by atoms with Crippen molar-refractivity contribution in [3.63, 3.8) is 0 Å². The fraction of sp³-hybridized carbons (Fsp3) is 0.923. The molecule has 5 heteroatoms. The van der Waals surface area contributed by atoms with Crippen LogP contribution in [0.1, 0.15) is 26.2 Å². The van der Waals surface area contributed by atoms with Crippen molar-refractivity contribution in [1.82, 2.24) is 9.80 Å². The van der Waals surface area contributed by atoms with Crippen LogP contribution in [-0.4, -0.2) is 68.2 Å². The normalized spacial score (nSPS) is 17.8. The summed E-state index contributed by atoms with van der Waals surface area (Å²) in [5.74, 6) is 0.126. The highest BCUT2D eigenvalue weighted by atomic mass is 16.5. The molecule has 0 spiro atoms. The van der Waals surface area contributed by atoms with Gasteiger partial charge in [-0.25, -0.2) is 0 Å². The van der Waals surface area contributed by atoms with E-state index in [1.54, 1.807) is 0 Å². The van der Waals surface area contributed by atoms with Crippen molar-refractivity contribution in [3.8, 4) is 0 Å². The smallest absolute Gasteiger partial charge is 0.248 e. The molecule has 1 saturated heterocycles. The van der Waals surface area contributed by atoms with Gasteiger partial charge < -0.3 is 20.3 Å². The topological polar surface area (TPSA) is 58.8 Å². The fourth-order valence-corrected chi connectivity index (χ4v) is 2.20. The van der Waals surface area contributed by atoms with Crippen LogP contribution in [0.3, 0.4) is 0 Å². The van der Waals surface area contributed by atoms with E-state index in [1.165, 1.54) is 0 Å². The van der Waals surface area contributed by atoms with E-state index in [0.717, 1.165) is 58.5 Å². The van der Waals surface area contributed by atoms with E-state index in [0.29, 0.717) is 6.61 Å². The lowest BCUT2D eigenvalue weighted by molar-refractivity contribution is -0.135. The summed E-state index contributed by atoms with van der Waals surface area (Å²) in [5.41, 5.74) is 5.50. The van der Waals surface area contributed by atoms with Crippen molar-refractivity contribution >= 4 is 5.91 Å². The second-order valence-corrected chi connectivity index (χ2v) is 4.71. The maximum absolute atomic E-state index is 11.8. The fourth-order valence-electron chi connectivity index (χ4n) is 2.20. The first-order chi connectivity index (χ1) is 8.77. The standard InChI is InChI=1S/C13H27N3O2/c1-2-18-12-13(17)16-9-5-8-15(10-11-16)7-4-3-6-14/h2-12,14H2,1H3. The van der Waals surface area contributed by atoms with Crippen LogP contribution in [0, 0.1) is 0 Å². The molecule has 1 aliphatic rings. The number of hydrogen-bond donors (Lipinski definition) is 1. The Kier molecular flexibility index (Phi) is 7.96. The molecular weight excluding hydrogens is 230 g/mol. The van der Waals surface area contributed by atoms with Crippen molar-refractivity contribution in [2.24, 2.45) is 5.73 Å². The van der Waals surface area contributed by atoms with Crippen LogP contribution in [-0.2, 0) is 9.53 Å². The average molecular weight is 257 g/mol. The lowest BCUT2D eigenvalue weighted by Gasteiger charge is -2.21. The Bertz CT molecular complexity index is 236. The van der Waals surface area contributed by atoms with Gasteiger partial charge in [0.15, 0.2) is 0 Å². The molecule has 0 aromatic heterocycles. The summed E-state index contributed by atoms with van der Waals surface area (Å²) in [6, 6.07) is 0. The number of carbonyl (C=O) groups excluding carboxylic acids is 1. The summed E-state index contributed by atoms with van der Waals surface area (Å²) in [6.45, 7) is 8.36. The highest BCUT2D eigenvalue weighted by molar-refractivity contribution is 5.77. The number of hydrogen-bond acceptors (Lipinski definition) is 4. The van der Waals surface area contributed by atoms with Crippen LogP contribution >= 0.6 is 0 Å². The Morgan fingerprint density at radius 3 is 2.78 bits per heavy atom. The number of nitrogens with two attached hydrogens (primary N) is 1. The van der Waals surface area contributed by atoms with Gasteiger partial charge in [0, 0.05) is 26.2 Å². The van der Waals surface area contributed by atoms with E-state index in [-0.39, 0.29) is 12.5 Å². The van der Waals surface area contributed by atoms with Gasteiger partial charge in [0.1, 0.15) is 6.61 Å². The molecule has 1 fully saturated rings. The third-order valence-corrected chi connectivity index (χ3v) is 3.30. The minimum Gasteiger partial charge on any atom is -0.372 e. The summed E-state index contributed by atoms with van der Waals surface area (Å²) in [5, 5.41) is 0. The minimum absolute atomic E-state index is 0.126. The number of amides is 1. The summed E-state index contributed by atoms with van der Waals surface area (Å²) in [7, 11) is 0. The molecule has 1 aliphatic heterocycles. The number of ether oxygens (including phenoxy) is 1.